The molecule has 2 rings (SSSR count). The summed E-state index contributed by atoms with van der Waals surface area (Å²) in [5, 5.41) is 2.96. The van der Waals surface area contributed by atoms with Crippen LogP contribution in [0.1, 0.15) is 5.56 Å². The van der Waals surface area contributed by atoms with Crippen molar-refractivity contribution in [1.29, 1.82) is 0 Å². The third-order valence-corrected chi connectivity index (χ3v) is 2.15. The molecule has 82 valence electrons. The van der Waals surface area contributed by atoms with Gasteiger partial charge in [-0.25, -0.2) is 4.98 Å². The van der Waals surface area contributed by atoms with E-state index >= 15 is 0 Å². The highest BCUT2D eigenvalue weighted by Crippen LogP contribution is 2.12. The predicted molar refractivity (Wildman–Crippen MR) is 63.7 cm³/mol. The zero-order chi connectivity index (χ0) is 11.5. The van der Waals surface area contributed by atoms with Crippen molar-refractivity contribution in [2.45, 2.75) is 6.92 Å². The van der Waals surface area contributed by atoms with Crippen LogP contribution < -0.4 is 16.6 Å². The zero-order valence-corrected chi connectivity index (χ0v) is 8.82. The van der Waals surface area contributed by atoms with Crippen molar-refractivity contribution >= 4 is 17.3 Å². The standard InChI is InChI=1S/C11H12N4O/c1-7-2-4-8(5-3-7)14-9-6-13-11(12)15-10(9)16/h2-6,14H,1H3,(H3,12,13,15,16). The lowest BCUT2D eigenvalue weighted by Crippen LogP contribution is -2.14. The van der Waals surface area contributed by atoms with E-state index in [1.807, 2.05) is 31.2 Å². The lowest BCUT2D eigenvalue weighted by Gasteiger charge is -2.05. The smallest absolute Gasteiger partial charge is 0.275 e. The van der Waals surface area contributed by atoms with Gasteiger partial charge < -0.3 is 11.1 Å². The van der Waals surface area contributed by atoms with E-state index in [1.165, 1.54) is 6.20 Å². The number of nitrogens with one attached hydrogen (secondary N) is 2. The summed E-state index contributed by atoms with van der Waals surface area (Å²) in [5.74, 6) is 0.111. The number of aromatic nitrogens is 2. The van der Waals surface area contributed by atoms with Crippen LogP contribution in [0.25, 0.3) is 0 Å². The van der Waals surface area contributed by atoms with Crippen LogP contribution in [-0.4, -0.2) is 9.97 Å². The maximum Gasteiger partial charge on any atom is 0.275 e. The van der Waals surface area contributed by atoms with Gasteiger partial charge in [0.25, 0.3) is 5.56 Å². The first-order valence-corrected chi connectivity index (χ1v) is 4.83. The molecule has 0 saturated heterocycles. The third kappa shape index (κ3) is 2.20. The summed E-state index contributed by atoms with van der Waals surface area (Å²) >= 11 is 0. The molecule has 0 bridgehead atoms. The molecule has 16 heavy (non-hydrogen) atoms. The van der Waals surface area contributed by atoms with Gasteiger partial charge in [-0.15, -0.1) is 0 Å². The summed E-state index contributed by atoms with van der Waals surface area (Å²) in [5.41, 5.74) is 7.43. The van der Waals surface area contributed by atoms with E-state index in [4.69, 9.17) is 5.73 Å². The van der Waals surface area contributed by atoms with Gasteiger partial charge in [0.15, 0.2) is 5.95 Å². The largest absolute Gasteiger partial charge is 0.369 e. The Kier molecular flexibility index (Phi) is 2.59. The highest BCUT2D eigenvalue weighted by Gasteiger charge is 2.00. The molecule has 1 heterocycles. The molecule has 1 aromatic heterocycles. The molecule has 5 nitrogen and oxygen atoms in total. The molecule has 5 heteroatoms. The van der Waals surface area contributed by atoms with E-state index in [0.29, 0.717) is 5.69 Å². The number of nitrogen functional groups attached to an aromatic ring is 1. The number of nitrogens with two attached hydrogens (primary N) is 1. The van der Waals surface area contributed by atoms with Gasteiger partial charge in [0.1, 0.15) is 5.69 Å². The van der Waals surface area contributed by atoms with Crippen LogP contribution >= 0.6 is 0 Å². The third-order valence-electron chi connectivity index (χ3n) is 2.15. The fourth-order valence-electron chi connectivity index (χ4n) is 1.29. The van der Waals surface area contributed by atoms with Gasteiger partial charge in [0.2, 0.25) is 0 Å². The van der Waals surface area contributed by atoms with E-state index in [-0.39, 0.29) is 11.5 Å². The maximum absolute atomic E-state index is 11.5. The average molecular weight is 216 g/mol. The Bertz CT molecular complexity index is 545. The number of benzene rings is 1. The Morgan fingerprint density at radius 2 is 2.00 bits per heavy atom. The highest BCUT2D eigenvalue weighted by atomic mass is 16.1. The summed E-state index contributed by atoms with van der Waals surface area (Å²) < 4.78 is 0. The summed E-state index contributed by atoms with van der Waals surface area (Å²) in [6, 6.07) is 7.71. The first-order valence-electron chi connectivity index (χ1n) is 4.83. The van der Waals surface area contributed by atoms with Crippen LogP contribution in [0.3, 0.4) is 0 Å². The van der Waals surface area contributed by atoms with Crippen LogP contribution in [0.4, 0.5) is 17.3 Å². The van der Waals surface area contributed by atoms with Gasteiger partial charge in [-0.1, -0.05) is 17.7 Å². The number of H-pyrrole nitrogens is 1. The number of hydrogen-bond acceptors (Lipinski definition) is 4. The number of hydrogen-bond donors (Lipinski definition) is 3. The highest BCUT2D eigenvalue weighted by molar-refractivity contribution is 5.58. The van der Waals surface area contributed by atoms with Gasteiger partial charge >= 0.3 is 0 Å². The predicted octanol–water partition coefficient (Wildman–Crippen LogP) is 1.40. The normalized spacial score (nSPS) is 10.1. The summed E-state index contributed by atoms with van der Waals surface area (Å²) in [4.78, 5) is 17.7. The molecule has 0 amide bonds. The van der Waals surface area contributed by atoms with Crippen molar-refractivity contribution in [1.82, 2.24) is 9.97 Å². The Morgan fingerprint density at radius 1 is 1.31 bits per heavy atom. The summed E-state index contributed by atoms with van der Waals surface area (Å²) in [6.45, 7) is 2.00. The molecular formula is C11H12N4O. The number of aryl methyl sites for hydroxylation is 1. The molecule has 0 atom stereocenters. The quantitative estimate of drug-likeness (QED) is 0.708. The van der Waals surface area contributed by atoms with Crippen molar-refractivity contribution in [3.63, 3.8) is 0 Å². The summed E-state index contributed by atoms with van der Waals surface area (Å²) in [7, 11) is 0. The fourth-order valence-corrected chi connectivity index (χ4v) is 1.29. The van der Waals surface area contributed by atoms with E-state index in [9.17, 15) is 4.79 Å². The van der Waals surface area contributed by atoms with E-state index in [0.717, 1.165) is 11.3 Å². The van der Waals surface area contributed by atoms with Crippen molar-refractivity contribution in [3.8, 4) is 0 Å². The molecule has 0 radical (unpaired) electrons. The molecule has 0 unspecified atom stereocenters. The van der Waals surface area contributed by atoms with Crippen LogP contribution in [0, 0.1) is 6.92 Å². The van der Waals surface area contributed by atoms with Gasteiger partial charge in [0, 0.05) is 5.69 Å². The van der Waals surface area contributed by atoms with Crippen LogP contribution in [-0.2, 0) is 0 Å². The molecule has 0 aliphatic heterocycles. The molecule has 1 aromatic carbocycles. The molecular weight excluding hydrogens is 204 g/mol. The average Bonchev–Trinajstić information content (AvgIpc) is 2.25. The topological polar surface area (TPSA) is 83.8 Å². The minimum absolute atomic E-state index is 0.111. The van der Waals surface area contributed by atoms with Crippen molar-refractivity contribution in [2.24, 2.45) is 0 Å². The molecule has 0 saturated carbocycles. The maximum atomic E-state index is 11.5. The SMILES string of the molecule is Cc1ccc(Nc2cnc(N)[nH]c2=O)cc1. The Hall–Kier alpha value is -2.30. The first-order chi connectivity index (χ1) is 7.65. The molecule has 0 aliphatic rings. The van der Waals surface area contributed by atoms with Crippen LogP contribution in [0.2, 0.25) is 0 Å². The van der Waals surface area contributed by atoms with Crippen molar-refractivity contribution < 1.29 is 0 Å². The van der Waals surface area contributed by atoms with Crippen molar-refractivity contribution in [2.75, 3.05) is 11.1 Å². The minimum atomic E-state index is -0.284. The molecule has 0 fully saturated rings. The Balaban J connectivity index is 2.27. The van der Waals surface area contributed by atoms with Crippen LogP contribution in [0.15, 0.2) is 35.3 Å². The number of rotatable bonds is 2. The van der Waals surface area contributed by atoms with Crippen molar-refractivity contribution in [3.05, 3.63) is 46.4 Å². The fraction of sp³-hybridized carbons (Fsp3) is 0.0909. The number of anilines is 3. The first kappa shape index (κ1) is 10.2. The summed E-state index contributed by atoms with van der Waals surface area (Å²) in [6.07, 6.45) is 1.41. The second-order valence-electron chi connectivity index (χ2n) is 3.50. The van der Waals surface area contributed by atoms with E-state index in [2.05, 4.69) is 15.3 Å². The lowest BCUT2D eigenvalue weighted by atomic mass is 10.2. The molecule has 4 N–H and O–H groups in total. The lowest BCUT2D eigenvalue weighted by molar-refractivity contribution is 1.14. The van der Waals surface area contributed by atoms with Gasteiger partial charge in [-0.05, 0) is 19.1 Å². The van der Waals surface area contributed by atoms with Gasteiger partial charge in [0.05, 0.1) is 6.20 Å². The molecule has 0 aliphatic carbocycles. The second kappa shape index (κ2) is 4.06. The van der Waals surface area contributed by atoms with E-state index in [1.54, 1.807) is 0 Å². The zero-order valence-electron chi connectivity index (χ0n) is 8.82. The monoisotopic (exact) mass is 216 g/mol. The minimum Gasteiger partial charge on any atom is -0.369 e. The second-order valence-corrected chi connectivity index (χ2v) is 3.50. The van der Waals surface area contributed by atoms with Gasteiger partial charge in [-0.3, -0.25) is 9.78 Å². The molecule has 0 spiro atoms. The molecule has 2 aromatic rings. The van der Waals surface area contributed by atoms with Crippen LogP contribution in [0.5, 0.6) is 0 Å². The Labute approximate surface area is 92.3 Å². The van der Waals surface area contributed by atoms with E-state index < -0.39 is 0 Å². The Morgan fingerprint density at radius 3 is 2.62 bits per heavy atom. The number of aromatic amines is 1. The van der Waals surface area contributed by atoms with Gasteiger partial charge in [-0.2, -0.15) is 0 Å². The number of nitrogens with zero attached hydrogens (tertiary/aromatic N) is 1.